The van der Waals surface area contributed by atoms with Crippen LogP contribution in [-0.2, 0) is 6.54 Å². The summed E-state index contributed by atoms with van der Waals surface area (Å²) in [6.07, 6.45) is 7.74. The van der Waals surface area contributed by atoms with Crippen molar-refractivity contribution < 1.29 is 9.52 Å². The zero-order valence-electron chi connectivity index (χ0n) is 14.6. The van der Waals surface area contributed by atoms with Crippen LogP contribution in [0.1, 0.15) is 48.2 Å². The number of rotatable bonds is 5. The Balaban J connectivity index is 1.72. The number of hydrogen-bond acceptors (Lipinski definition) is 3. The van der Waals surface area contributed by atoms with Gasteiger partial charge in [-0.3, -0.25) is 9.69 Å². The van der Waals surface area contributed by atoms with E-state index in [4.69, 9.17) is 0 Å². The normalized spacial score (nSPS) is 15.3. The highest BCUT2D eigenvalue weighted by atomic mass is 16.5. The van der Waals surface area contributed by atoms with Crippen LogP contribution in [0, 0.1) is 5.21 Å². The van der Waals surface area contributed by atoms with E-state index in [2.05, 4.69) is 17.3 Å². The van der Waals surface area contributed by atoms with Crippen LogP contribution in [0.15, 0.2) is 48.7 Å². The van der Waals surface area contributed by atoms with Gasteiger partial charge in [0.05, 0.1) is 0 Å². The van der Waals surface area contributed by atoms with Gasteiger partial charge in [-0.15, -0.1) is 0 Å². The fraction of sp³-hybridized carbons (Fsp3) is 0.400. The molecule has 0 saturated heterocycles. The van der Waals surface area contributed by atoms with E-state index in [0.717, 1.165) is 17.8 Å². The summed E-state index contributed by atoms with van der Waals surface area (Å²) in [4.78, 5) is 14.8. The molecular formula is C20H25N3O2. The first-order valence-electron chi connectivity index (χ1n) is 8.93. The maximum Gasteiger partial charge on any atom is 0.321 e. The second-order valence-electron chi connectivity index (χ2n) is 6.73. The maximum atomic E-state index is 12.4. The molecule has 2 aromatic rings. The Morgan fingerprint density at radius 2 is 1.88 bits per heavy atom. The molecule has 1 fully saturated rings. The fourth-order valence-corrected chi connectivity index (χ4v) is 3.49. The number of aromatic nitrogens is 1. The summed E-state index contributed by atoms with van der Waals surface area (Å²) in [5.41, 5.74) is 1.93. The molecule has 1 saturated carbocycles. The highest BCUT2D eigenvalue weighted by Crippen LogP contribution is 2.25. The maximum absolute atomic E-state index is 12.4. The number of amides is 1. The van der Waals surface area contributed by atoms with Gasteiger partial charge in [-0.2, -0.15) is 4.73 Å². The molecule has 1 aliphatic rings. The number of carbonyl (C=O) groups is 1. The fourth-order valence-electron chi connectivity index (χ4n) is 3.49. The molecule has 0 aliphatic heterocycles. The van der Waals surface area contributed by atoms with E-state index in [1.807, 2.05) is 24.3 Å². The zero-order valence-corrected chi connectivity index (χ0v) is 14.6. The van der Waals surface area contributed by atoms with Gasteiger partial charge in [0.15, 0.2) is 6.20 Å². The second-order valence-corrected chi connectivity index (χ2v) is 6.73. The molecule has 1 amide bonds. The monoisotopic (exact) mass is 339 g/mol. The third-order valence-corrected chi connectivity index (χ3v) is 4.94. The van der Waals surface area contributed by atoms with Crippen molar-refractivity contribution in [2.24, 2.45) is 0 Å². The molecule has 0 atom stereocenters. The molecule has 5 heteroatoms. The van der Waals surface area contributed by atoms with Crippen LogP contribution in [0.2, 0.25) is 0 Å². The third-order valence-electron chi connectivity index (χ3n) is 4.94. The van der Waals surface area contributed by atoms with Gasteiger partial charge in [0.1, 0.15) is 0 Å². The lowest BCUT2D eigenvalue weighted by atomic mass is 9.94. The van der Waals surface area contributed by atoms with E-state index in [9.17, 15) is 10.0 Å². The quantitative estimate of drug-likeness (QED) is 0.671. The molecule has 5 nitrogen and oxygen atoms in total. The summed E-state index contributed by atoms with van der Waals surface area (Å²) in [6.45, 7) is 0.785. The first kappa shape index (κ1) is 17.4. The summed E-state index contributed by atoms with van der Waals surface area (Å²) >= 11 is 0. The lowest BCUT2D eigenvalue weighted by Crippen LogP contribution is -2.36. The van der Waals surface area contributed by atoms with Gasteiger partial charge >= 0.3 is 5.91 Å². The standard InChI is InChI=1S/C20H25N3O2/c1-22(17-10-3-2-4-11-17)15-16-9-5-6-12-18(16)21-20(24)19-13-7-8-14-23(19)25/h5-9,12-14,17H,2-4,10-11,15H2,1H3,(H,21,24). The van der Waals surface area contributed by atoms with Crippen molar-refractivity contribution in [2.45, 2.75) is 44.7 Å². The van der Waals surface area contributed by atoms with Crippen LogP contribution in [0.5, 0.6) is 0 Å². The third kappa shape index (κ3) is 4.37. The highest BCUT2D eigenvalue weighted by molar-refractivity contribution is 6.02. The van der Waals surface area contributed by atoms with Crippen molar-refractivity contribution in [1.29, 1.82) is 0 Å². The van der Waals surface area contributed by atoms with Crippen LogP contribution >= 0.6 is 0 Å². The minimum absolute atomic E-state index is 0.0953. The number of nitrogens with zero attached hydrogens (tertiary/aromatic N) is 2. The molecule has 1 heterocycles. The summed E-state index contributed by atoms with van der Waals surface area (Å²) in [6, 6.07) is 13.2. The topological polar surface area (TPSA) is 59.3 Å². The smallest absolute Gasteiger partial charge is 0.321 e. The van der Waals surface area contributed by atoms with Gasteiger partial charge in [0.25, 0.3) is 5.69 Å². The van der Waals surface area contributed by atoms with Gasteiger partial charge in [0, 0.05) is 30.4 Å². The Morgan fingerprint density at radius 1 is 1.16 bits per heavy atom. The van der Waals surface area contributed by atoms with Crippen LogP contribution in [0.25, 0.3) is 0 Å². The molecular weight excluding hydrogens is 314 g/mol. The molecule has 0 unspecified atom stereocenters. The Bertz CT molecular complexity index is 726. The molecule has 0 spiro atoms. The predicted molar refractivity (Wildman–Crippen MR) is 98.1 cm³/mol. The van der Waals surface area contributed by atoms with Gasteiger partial charge in [-0.1, -0.05) is 37.5 Å². The van der Waals surface area contributed by atoms with Crippen LogP contribution in [0.4, 0.5) is 5.69 Å². The molecule has 132 valence electrons. The van der Waals surface area contributed by atoms with Gasteiger partial charge in [-0.05, 0) is 37.6 Å². The number of hydrogen-bond donors (Lipinski definition) is 1. The van der Waals surface area contributed by atoms with Crippen molar-refractivity contribution in [3.63, 3.8) is 0 Å². The van der Waals surface area contributed by atoms with Crippen molar-refractivity contribution in [3.05, 3.63) is 65.1 Å². The van der Waals surface area contributed by atoms with E-state index in [1.54, 1.807) is 12.1 Å². The number of nitrogens with one attached hydrogen (secondary N) is 1. The van der Waals surface area contributed by atoms with E-state index < -0.39 is 0 Å². The molecule has 3 rings (SSSR count). The number of benzene rings is 1. The number of para-hydroxylation sites is 1. The Kier molecular flexibility index (Phi) is 5.66. The van der Waals surface area contributed by atoms with Crippen molar-refractivity contribution in [2.75, 3.05) is 12.4 Å². The van der Waals surface area contributed by atoms with Crippen molar-refractivity contribution >= 4 is 11.6 Å². The molecule has 1 N–H and O–H groups in total. The van der Waals surface area contributed by atoms with Gasteiger partial charge in [0.2, 0.25) is 0 Å². The average Bonchev–Trinajstić information content (AvgIpc) is 2.64. The molecule has 25 heavy (non-hydrogen) atoms. The lowest BCUT2D eigenvalue weighted by Gasteiger charge is -2.31. The lowest BCUT2D eigenvalue weighted by molar-refractivity contribution is -0.607. The van der Waals surface area contributed by atoms with Crippen LogP contribution in [-0.4, -0.2) is 23.9 Å². The summed E-state index contributed by atoms with van der Waals surface area (Å²) < 4.78 is 0.589. The van der Waals surface area contributed by atoms with Crippen LogP contribution in [0.3, 0.4) is 0 Å². The Morgan fingerprint density at radius 3 is 2.64 bits per heavy atom. The minimum Gasteiger partial charge on any atom is -0.618 e. The van der Waals surface area contributed by atoms with E-state index in [0.29, 0.717) is 10.8 Å². The van der Waals surface area contributed by atoms with E-state index in [-0.39, 0.29) is 11.6 Å². The van der Waals surface area contributed by atoms with Crippen LogP contribution < -0.4 is 10.0 Å². The Labute approximate surface area is 148 Å². The van der Waals surface area contributed by atoms with Crippen molar-refractivity contribution in [3.8, 4) is 0 Å². The van der Waals surface area contributed by atoms with Gasteiger partial charge < -0.3 is 10.5 Å². The molecule has 1 aliphatic carbocycles. The SMILES string of the molecule is CN(Cc1ccccc1NC(=O)c1cccc[n+]1[O-])C1CCCCC1. The summed E-state index contributed by atoms with van der Waals surface area (Å²) in [5, 5.41) is 14.7. The molecule has 1 aromatic carbocycles. The molecule has 1 aromatic heterocycles. The van der Waals surface area contributed by atoms with E-state index in [1.165, 1.54) is 44.4 Å². The molecule has 0 bridgehead atoms. The van der Waals surface area contributed by atoms with Crippen molar-refractivity contribution in [1.82, 2.24) is 4.90 Å². The first-order chi connectivity index (χ1) is 12.1. The second kappa shape index (κ2) is 8.12. The largest absolute Gasteiger partial charge is 0.618 e. The molecule has 0 radical (unpaired) electrons. The van der Waals surface area contributed by atoms with E-state index >= 15 is 0 Å². The average molecular weight is 339 g/mol. The highest BCUT2D eigenvalue weighted by Gasteiger charge is 2.20. The van der Waals surface area contributed by atoms with Gasteiger partial charge in [-0.25, -0.2) is 0 Å². The zero-order chi connectivity index (χ0) is 17.6. The predicted octanol–water partition coefficient (Wildman–Crippen LogP) is 3.34. The number of pyridine rings is 1. The number of carbonyl (C=O) groups excluding carboxylic acids is 1. The first-order valence-corrected chi connectivity index (χ1v) is 8.93. The Hall–Kier alpha value is -2.40. The minimum atomic E-state index is -0.386. The number of anilines is 1. The summed E-state index contributed by atoms with van der Waals surface area (Å²) in [7, 11) is 2.15. The summed E-state index contributed by atoms with van der Waals surface area (Å²) in [5.74, 6) is -0.386.